The summed E-state index contributed by atoms with van der Waals surface area (Å²) in [5.41, 5.74) is 1.03. The second-order valence-corrected chi connectivity index (χ2v) is 5.05. The van der Waals surface area contributed by atoms with Gasteiger partial charge in [-0.3, -0.25) is 9.97 Å². The topological polar surface area (TPSA) is 37.8 Å². The zero-order chi connectivity index (χ0) is 14.9. The summed E-state index contributed by atoms with van der Waals surface area (Å²) in [6.07, 6.45) is 0.930. The van der Waals surface area contributed by atoms with Crippen LogP contribution in [0, 0.1) is 0 Å². The van der Waals surface area contributed by atoms with Crippen molar-refractivity contribution < 1.29 is 13.2 Å². The van der Waals surface area contributed by atoms with Crippen molar-refractivity contribution in [3.8, 4) is 11.3 Å². The van der Waals surface area contributed by atoms with E-state index in [-0.39, 0.29) is 6.04 Å². The fourth-order valence-electron chi connectivity index (χ4n) is 2.46. The normalized spacial score (nSPS) is 18.9. The summed E-state index contributed by atoms with van der Waals surface area (Å²) in [5.74, 6) is 0. The SMILES string of the molecule is FC(F)(F)c1cccc(-c2cnc(C3CCCN3)cn2)c1. The molecule has 1 atom stereocenters. The van der Waals surface area contributed by atoms with Crippen LogP contribution in [0.5, 0.6) is 0 Å². The lowest BCUT2D eigenvalue weighted by Crippen LogP contribution is -2.14. The summed E-state index contributed by atoms with van der Waals surface area (Å²) >= 11 is 0. The summed E-state index contributed by atoms with van der Waals surface area (Å²) in [6.45, 7) is 0.960. The molecule has 2 aromatic rings. The van der Waals surface area contributed by atoms with E-state index in [2.05, 4.69) is 15.3 Å². The van der Waals surface area contributed by atoms with Gasteiger partial charge in [-0.2, -0.15) is 13.2 Å². The van der Waals surface area contributed by atoms with E-state index in [9.17, 15) is 13.2 Å². The Kier molecular flexibility index (Phi) is 3.63. The molecule has 0 radical (unpaired) electrons. The van der Waals surface area contributed by atoms with Gasteiger partial charge in [0, 0.05) is 5.56 Å². The molecule has 1 N–H and O–H groups in total. The zero-order valence-electron chi connectivity index (χ0n) is 11.2. The number of nitrogens with one attached hydrogen (secondary N) is 1. The molecule has 1 saturated heterocycles. The van der Waals surface area contributed by atoms with Crippen molar-refractivity contribution in [2.45, 2.75) is 25.1 Å². The van der Waals surface area contributed by atoms with E-state index >= 15 is 0 Å². The third-order valence-electron chi connectivity index (χ3n) is 3.57. The third-order valence-corrected chi connectivity index (χ3v) is 3.57. The van der Waals surface area contributed by atoms with Gasteiger partial charge >= 0.3 is 6.18 Å². The van der Waals surface area contributed by atoms with E-state index in [4.69, 9.17) is 0 Å². The van der Waals surface area contributed by atoms with E-state index in [1.54, 1.807) is 12.3 Å². The van der Waals surface area contributed by atoms with Crippen molar-refractivity contribution in [3.05, 3.63) is 47.9 Å². The number of nitrogens with zero attached hydrogens (tertiary/aromatic N) is 2. The molecule has 1 aliphatic rings. The van der Waals surface area contributed by atoms with Crippen molar-refractivity contribution in [1.82, 2.24) is 15.3 Å². The Morgan fingerprint density at radius 3 is 2.62 bits per heavy atom. The van der Waals surface area contributed by atoms with Gasteiger partial charge in [0.15, 0.2) is 0 Å². The number of alkyl halides is 3. The molecule has 1 aliphatic heterocycles. The van der Waals surface area contributed by atoms with Crippen LogP contribution in [0.4, 0.5) is 13.2 Å². The second-order valence-electron chi connectivity index (χ2n) is 5.05. The van der Waals surface area contributed by atoms with Crippen LogP contribution in [-0.2, 0) is 6.18 Å². The lowest BCUT2D eigenvalue weighted by atomic mass is 10.1. The maximum Gasteiger partial charge on any atom is 0.416 e. The molecule has 3 rings (SSSR count). The highest BCUT2D eigenvalue weighted by atomic mass is 19.4. The van der Waals surface area contributed by atoms with E-state index in [1.165, 1.54) is 12.3 Å². The Hall–Kier alpha value is -1.95. The highest BCUT2D eigenvalue weighted by Gasteiger charge is 2.30. The number of rotatable bonds is 2. The van der Waals surface area contributed by atoms with E-state index < -0.39 is 11.7 Å². The first-order valence-electron chi connectivity index (χ1n) is 6.77. The molecule has 1 aromatic carbocycles. The molecule has 1 fully saturated rings. The molecule has 2 heterocycles. The summed E-state index contributed by atoms with van der Waals surface area (Å²) in [7, 11) is 0. The van der Waals surface area contributed by atoms with Crippen LogP contribution in [0.2, 0.25) is 0 Å². The Morgan fingerprint density at radius 2 is 2.00 bits per heavy atom. The maximum absolute atomic E-state index is 12.7. The molecule has 0 amide bonds. The highest BCUT2D eigenvalue weighted by Crippen LogP contribution is 2.31. The van der Waals surface area contributed by atoms with E-state index in [0.29, 0.717) is 11.3 Å². The van der Waals surface area contributed by atoms with Gasteiger partial charge in [0.25, 0.3) is 0 Å². The fourth-order valence-corrected chi connectivity index (χ4v) is 2.46. The minimum absolute atomic E-state index is 0.202. The van der Waals surface area contributed by atoms with Crippen LogP contribution in [0.3, 0.4) is 0 Å². The van der Waals surface area contributed by atoms with Crippen molar-refractivity contribution in [3.63, 3.8) is 0 Å². The van der Waals surface area contributed by atoms with Gasteiger partial charge in [-0.15, -0.1) is 0 Å². The summed E-state index contributed by atoms with van der Waals surface area (Å²) in [4.78, 5) is 8.57. The van der Waals surface area contributed by atoms with Crippen LogP contribution in [0.25, 0.3) is 11.3 Å². The van der Waals surface area contributed by atoms with Crippen LogP contribution in [0.15, 0.2) is 36.7 Å². The molecule has 110 valence electrons. The number of halogens is 3. The van der Waals surface area contributed by atoms with Crippen LogP contribution in [-0.4, -0.2) is 16.5 Å². The molecular weight excluding hydrogens is 279 g/mol. The Labute approximate surface area is 120 Å². The maximum atomic E-state index is 12.7. The zero-order valence-corrected chi connectivity index (χ0v) is 11.2. The molecule has 0 spiro atoms. The molecule has 1 unspecified atom stereocenters. The number of hydrogen-bond donors (Lipinski definition) is 1. The van der Waals surface area contributed by atoms with Crippen molar-refractivity contribution in [1.29, 1.82) is 0 Å². The summed E-state index contributed by atoms with van der Waals surface area (Å²) < 4.78 is 38.1. The molecule has 6 heteroatoms. The average molecular weight is 293 g/mol. The molecule has 21 heavy (non-hydrogen) atoms. The van der Waals surface area contributed by atoms with Gasteiger partial charge in [-0.05, 0) is 31.5 Å². The Bertz CT molecular complexity index is 617. The second kappa shape index (κ2) is 5.44. The first-order valence-corrected chi connectivity index (χ1v) is 6.77. The predicted molar refractivity (Wildman–Crippen MR) is 72.4 cm³/mol. The van der Waals surface area contributed by atoms with Crippen LogP contribution >= 0.6 is 0 Å². The minimum Gasteiger partial charge on any atom is -0.309 e. The monoisotopic (exact) mass is 293 g/mol. The van der Waals surface area contributed by atoms with Crippen LogP contribution < -0.4 is 5.32 Å². The van der Waals surface area contributed by atoms with Gasteiger partial charge in [0.1, 0.15) is 0 Å². The van der Waals surface area contributed by atoms with Gasteiger partial charge in [-0.25, -0.2) is 0 Å². The number of hydrogen-bond acceptors (Lipinski definition) is 3. The third kappa shape index (κ3) is 3.05. The average Bonchev–Trinajstić information content (AvgIpc) is 3.01. The van der Waals surface area contributed by atoms with Gasteiger partial charge in [-0.1, -0.05) is 12.1 Å². The highest BCUT2D eigenvalue weighted by molar-refractivity contribution is 5.59. The van der Waals surface area contributed by atoms with Crippen molar-refractivity contribution in [2.24, 2.45) is 0 Å². The lowest BCUT2D eigenvalue weighted by molar-refractivity contribution is -0.137. The van der Waals surface area contributed by atoms with Crippen LogP contribution in [0.1, 0.15) is 30.1 Å². The Balaban J connectivity index is 1.87. The van der Waals surface area contributed by atoms with Gasteiger partial charge < -0.3 is 5.32 Å². The summed E-state index contributed by atoms with van der Waals surface area (Å²) in [6, 6.07) is 5.33. The van der Waals surface area contributed by atoms with Gasteiger partial charge in [0.05, 0.1) is 35.4 Å². The predicted octanol–water partition coefficient (Wildman–Crippen LogP) is 3.59. The van der Waals surface area contributed by atoms with Crippen molar-refractivity contribution in [2.75, 3.05) is 6.54 Å². The minimum atomic E-state index is -4.35. The number of benzene rings is 1. The smallest absolute Gasteiger partial charge is 0.309 e. The standard InChI is InChI=1S/C15H14F3N3/c16-15(17,18)11-4-1-3-10(7-11)13-8-21-14(9-20-13)12-5-2-6-19-12/h1,3-4,7-9,12,19H,2,5-6H2. The largest absolute Gasteiger partial charge is 0.416 e. The molecule has 1 aromatic heterocycles. The molecule has 3 nitrogen and oxygen atoms in total. The first-order chi connectivity index (χ1) is 10.0. The molecule has 0 bridgehead atoms. The molecule has 0 aliphatic carbocycles. The summed E-state index contributed by atoms with van der Waals surface area (Å²) in [5, 5.41) is 3.31. The lowest BCUT2D eigenvalue weighted by Gasteiger charge is -2.10. The first kappa shape index (κ1) is 14.0. The number of aromatic nitrogens is 2. The fraction of sp³-hybridized carbons (Fsp3) is 0.333. The quantitative estimate of drug-likeness (QED) is 0.919. The molecule has 0 saturated carbocycles. The molecular formula is C15H14F3N3. The van der Waals surface area contributed by atoms with E-state index in [0.717, 1.165) is 37.2 Å². The Morgan fingerprint density at radius 1 is 1.14 bits per heavy atom. The van der Waals surface area contributed by atoms with Gasteiger partial charge in [0.2, 0.25) is 0 Å². The van der Waals surface area contributed by atoms with Crippen molar-refractivity contribution >= 4 is 0 Å². The van der Waals surface area contributed by atoms with E-state index in [1.807, 2.05) is 0 Å².